The molecule has 0 saturated carbocycles. The fourth-order valence-electron chi connectivity index (χ4n) is 0.991. The van der Waals surface area contributed by atoms with Gasteiger partial charge in [0.2, 0.25) is 0 Å². The third-order valence-corrected chi connectivity index (χ3v) is 1.82. The predicted octanol–water partition coefficient (Wildman–Crippen LogP) is 3.29. The molecule has 0 radical (unpaired) electrons. The van der Waals surface area contributed by atoms with Crippen LogP contribution in [0.5, 0.6) is 0 Å². The normalized spacial score (nSPS) is 13.0. The number of halogens is 3. The van der Waals surface area contributed by atoms with Gasteiger partial charge in [-0.05, 0) is 24.1 Å². The van der Waals surface area contributed by atoms with Crippen LogP contribution in [0.25, 0.3) is 0 Å². The Kier molecular flexibility index (Phi) is 3.20. The molecule has 1 unspecified atom stereocenters. The van der Waals surface area contributed by atoms with Crippen molar-refractivity contribution in [1.29, 1.82) is 0 Å². The molecule has 0 aliphatic rings. The van der Waals surface area contributed by atoms with Crippen LogP contribution in [0.1, 0.15) is 12.5 Å². The van der Waals surface area contributed by atoms with E-state index in [9.17, 15) is 8.78 Å². The maximum absolute atomic E-state index is 12.6. The lowest BCUT2D eigenvalue weighted by molar-refractivity contribution is 0.507. The quantitative estimate of drug-likeness (QED) is 0.690. The fourth-order valence-corrected chi connectivity index (χ4v) is 1.37. The summed E-state index contributed by atoms with van der Waals surface area (Å²) in [5.41, 5.74) is 0.804. The smallest absolute Gasteiger partial charge is 0.159 e. The zero-order valence-electron chi connectivity index (χ0n) is 6.65. The first-order valence-electron chi connectivity index (χ1n) is 3.67. The lowest BCUT2D eigenvalue weighted by Crippen LogP contribution is -1.97. The summed E-state index contributed by atoms with van der Waals surface area (Å²) in [5.74, 6) is -1.57. The van der Waals surface area contributed by atoms with Gasteiger partial charge in [-0.25, -0.2) is 8.78 Å². The molecular formula is C9H9BrF2. The summed E-state index contributed by atoms with van der Waals surface area (Å²) in [4.78, 5) is 0.280. The van der Waals surface area contributed by atoms with Gasteiger partial charge in [-0.3, -0.25) is 0 Å². The molecule has 0 aliphatic carbocycles. The number of hydrogen-bond donors (Lipinski definition) is 0. The molecular weight excluding hydrogens is 226 g/mol. The second-order valence-corrected chi connectivity index (χ2v) is 4.30. The summed E-state index contributed by atoms with van der Waals surface area (Å²) >= 11 is 3.34. The monoisotopic (exact) mass is 234 g/mol. The van der Waals surface area contributed by atoms with E-state index in [1.165, 1.54) is 6.07 Å². The third kappa shape index (κ3) is 2.55. The van der Waals surface area contributed by atoms with Gasteiger partial charge in [-0.15, -0.1) is 0 Å². The van der Waals surface area contributed by atoms with Gasteiger partial charge in [0, 0.05) is 4.83 Å². The number of rotatable bonds is 2. The van der Waals surface area contributed by atoms with Crippen molar-refractivity contribution in [3.05, 3.63) is 35.4 Å². The lowest BCUT2D eigenvalue weighted by Gasteiger charge is -2.03. The molecule has 0 fully saturated rings. The van der Waals surface area contributed by atoms with Crippen molar-refractivity contribution in [2.75, 3.05) is 0 Å². The van der Waals surface area contributed by atoms with Gasteiger partial charge in [0.05, 0.1) is 0 Å². The molecule has 1 aromatic carbocycles. The van der Waals surface area contributed by atoms with Crippen LogP contribution in [0.3, 0.4) is 0 Å². The predicted molar refractivity (Wildman–Crippen MR) is 48.5 cm³/mol. The summed E-state index contributed by atoms with van der Waals surface area (Å²) in [7, 11) is 0. The topological polar surface area (TPSA) is 0 Å². The SMILES string of the molecule is CC(Br)Cc1ccc(F)c(F)c1. The van der Waals surface area contributed by atoms with Crippen molar-refractivity contribution in [3.8, 4) is 0 Å². The molecule has 0 nitrogen and oxygen atoms in total. The summed E-state index contributed by atoms with van der Waals surface area (Å²) in [6.45, 7) is 1.96. The van der Waals surface area contributed by atoms with Crippen molar-refractivity contribution < 1.29 is 8.78 Å². The Morgan fingerprint density at radius 3 is 2.50 bits per heavy atom. The van der Waals surface area contributed by atoms with Crippen molar-refractivity contribution >= 4 is 15.9 Å². The van der Waals surface area contributed by atoms with Gasteiger partial charge in [-0.1, -0.05) is 28.9 Å². The van der Waals surface area contributed by atoms with Crippen molar-refractivity contribution in [2.24, 2.45) is 0 Å². The minimum absolute atomic E-state index is 0.280. The van der Waals surface area contributed by atoms with Gasteiger partial charge in [0.25, 0.3) is 0 Å². The maximum atomic E-state index is 12.6. The Morgan fingerprint density at radius 2 is 2.00 bits per heavy atom. The lowest BCUT2D eigenvalue weighted by atomic mass is 10.1. The molecule has 0 amide bonds. The van der Waals surface area contributed by atoms with Gasteiger partial charge in [-0.2, -0.15) is 0 Å². The Labute approximate surface area is 78.7 Å². The molecule has 1 rings (SSSR count). The van der Waals surface area contributed by atoms with Crippen LogP contribution in [-0.4, -0.2) is 4.83 Å². The van der Waals surface area contributed by atoms with E-state index in [1.807, 2.05) is 6.92 Å². The van der Waals surface area contributed by atoms with E-state index in [1.54, 1.807) is 6.07 Å². The first kappa shape index (κ1) is 9.65. The number of benzene rings is 1. The average molecular weight is 235 g/mol. The van der Waals surface area contributed by atoms with Crippen LogP contribution >= 0.6 is 15.9 Å². The van der Waals surface area contributed by atoms with E-state index < -0.39 is 11.6 Å². The number of alkyl halides is 1. The average Bonchev–Trinajstić information content (AvgIpc) is 1.96. The van der Waals surface area contributed by atoms with Crippen molar-refractivity contribution in [1.82, 2.24) is 0 Å². The molecule has 0 N–H and O–H groups in total. The minimum Gasteiger partial charge on any atom is -0.204 e. The van der Waals surface area contributed by atoms with Crippen LogP contribution in [0.2, 0.25) is 0 Å². The summed E-state index contributed by atoms with van der Waals surface area (Å²) in [5, 5.41) is 0. The molecule has 0 aromatic heterocycles. The van der Waals surface area contributed by atoms with Gasteiger partial charge in [0.1, 0.15) is 0 Å². The highest BCUT2D eigenvalue weighted by Gasteiger charge is 2.04. The molecule has 66 valence electrons. The van der Waals surface area contributed by atoms with Gasteiger partial charge >= 0.3 is 0 Å². The molecule has 0 saturated heterocycles. The molecule has 0 spiro atoms. The molecule has 0 aliphatic heterocycles. The third-order valence-electron chi connectivity index (χ3n) is 1.50. The molecule has 12 heavy (non-hydrogen) atoms. The highest BCUT2D eigenvalue weighted by atomic mass is 79.9. The summed E-state index contributed by atoms with van der Waals surface area (Å²) < 4.78 is 25.1. The van der Waals surface area contributed by atoms with Gasteiger partial charge < -0.3 is 0 Å². The fraction of sp³-hybridized carbons (Fsp3) is 0.333. The number of hydrogen-bond acceptors (Lipinski definition) is 0. The highest BCUT2D eigenvalue weighted by molar-refractivity contribution is 9.09. The second-order valence-electron chi connectivity index (χ2n) is 2.73. The van der Waals surface area contributed by atoms with Crippen LogP contribution in [0, 0.1) is 11.6 Å². The van der Waals surface area contributed by atoms with E-state index in [0.29, 0.717) is 6.42 Å². The van der Waals surface area contributed by atoms with Crippen LogP contribution in [0.15, 0.2) is 18.2 Å². The van der Waals surface area contributed by atoms with Crippen LogP contribution < -0.4 is 0 Å². The van der Waals surface area contributed by atoms with E-state index >= 15 is 0 Å². The van der Waals surface area contributed by atoms with Crippen LogP contribution in [0.4, 0.5) is 8.78 Å². The summed E-state index contributed by atoms with van der Waals surface area (Å²) in [6.07, 6.45) is 0.706. The minimum atomic E-state index is -0.791. The van der Waals surface area contributed by atoms with Crippen LogP contribution in [-0.2, 0) is 6.42 Å². The van der Waals surface area contributed by atoms with Crippen molar-refractivity contribution in [3.63, 3.8) is 0 Å². The van der Waals surface area contributed by atoms with E-state index in [0.717, 1.165) is 11.6 Å². The Morgan fingerprint density at radius 1 is 1.33 bits per heavy atom. The molecule has 0 bridgehead atoms. The van der Waals surface area contributed by atoms with E-state index in [-0.39, 0.29) is 4.83 Å². The summed E-state index contributed by atoms with van der Waals surface area (Å²) in [6, 6.07) is 3.98. The largest absolute Gasteiger partial charge is 0.204 e. The standard InChI is InChI=1S/C9H9BrF2/c1-6(10)4-7-2-3-8(11)9(12)5-7/h2-3,5-6H,4H2,1H3. The second kappa shape index (κ2) is 3.99. The molecule has 1 aromatic rings. The zero-order valence-corrected chi connectivity index (χ0v) is 8.24. The maximum Gasteiger partial charge on any atom is 0.159 e. The molecule has 0 heterocycles. The van der Waals surface area contributed by atoms with Crippen molar-refractivity contribution in [2.45, 2.75) is 18.2 Å². The van der Waals surface area contributed by atoms with Gasteiger partial charge in [0.15, 0.2) is 11.6 Å². The van der Waals surface area contributed by atoms with E-state index in [2.05, 4.69) is 15.9 Å². The highest BCUT2D eigenvalue weighted by Crippen LogP contribution is 2.13. The first-order chi connectivity index (χ1) is 5.59. The Balaban J connectivity index is 2.82. The molecule has 3 heteroatoms. The Hall–Kier alpha value is -0.440. The Bertz CT molecular complexity index is 271. The van der Waals surface area contributed by atoms with E-state index in [4.69, 9.17) is 0 Å². The molecule has 1 atom stereocenters. The first-order valence-corrected chi connectivity index (χ1v) is 4.59. The zero-order chi connectivity index (χ0) is 9.14.